The number of benzene rings is 1. The number of aliphatic hydroxyl groups excluding tert-OH is 1. The van der Waals surface area contributed by atoms with Gasteiger partial charge in [0.2, 0.25) is 0 Å². The Labute approximate surface area is 120 Å². The van der Waals surface area contributed by atoms with E-state index in [1.165, 1.54) is 13.0 Å². The summed E-state index contributed by atoms with van der Waals surface area (Å²) in [4.78, 5) is 33.7. The van der Waals surface area contributed by atoms with Crippen LogP contribution in [0.25, 0.3) is 0 Å². The lowest BCUT2D eigenvalue weighted by atomic mass is 9.96. The highest BCUT2D eigenvalue weighted by molar-refractivity contribution is 6.03. The van der Waals surface area contributed by atoms with Crippen molar-refractivity contribution in [1.82, 2.24) is 0 Å². The van der Waals surface area contributed by atoms with E-state index in [0.717, 1.165) is 12.1 Å². The van der Waals surface area contributed by atoms with Gasteiger partial charge in [0.1, 0.15) is 5.75 Å². The highest BCUT2D eigenvalue weighted by Gasteiger charge is 2.25. The predicted molar refractivity (Wildman–Crippen MR) is 71.6 cm³/mol. The van der Waals surface area contributed by atoms with E-state index in [4.69, 9.17) is 9.84 Å². The van der Waals surface area contributed by atoms with E-state index < -0.39 is 35.1 Å². The van der Waals surface area contributed by atoms with E-state index in [-0.39, 0.29) is 17.7 Å². The molecule has 1 aromatic carbocycles. The van der Waals surface area contributed by atoms with Crippen molar-refractivity contribution in [3.05, 3.63) is 41.5 Å². The first-order valence-corrected chi connectivity index (χ1v) is 5.92. The molecular weight excluding hydrogens is 280 g/mol. The molecular formula is C14H14O7. The number of esters is 1. The third-order valence-electron chi connectivity index (χ3n) is 2.59. The highest BCUT2D eigenvalue weighted by atomic mass is 16.5. The predicted octanol–water partition coefficient (Wildman–Crippen LogP) is 1.10. The van der Waals surface area contributed by atoms with Gasteiger partial charge in [-0.1, -0.05) is 6.58 Å². The van der Waals surface area contributed by atoms with Crippen LogP contribution in [-0.4, -0.2) is 39.3 Å². The number of aliphatic hydroxyl groups is 1. The number of aromatic carboxylic acids is 2. The van der Waals surface area contributed by atoms with E-state index in [0.29, 0.717) is 0 Å². The van der Waals surface area contributed by atoms with Crippen molar-refractivity contribution >= 4 is 17.9 Å². The summed E-state index contributed by atoms with van der Waals surface area (Å²) in [6, 6.07) is 2.21. The fraction of sp³-hybridized carbons (Fsp3) is 0.214. The first kappa shape index (κ1) is 16.4. The zero-order chi connectivity index (χ0) is 16.2. The van der Waals surface area contributed by atoms with Crippen LogP contribution in [0.3, 0.4) is 0 Å². The smallest absolute Gasteiger partial charge is 0.336 e. The number of carboxylic acids is 2. The molecule has 21 heavy (non-hydrogen) atoms. The normalized spacial score (nSPS) is 11.5. The van der Waals surface area contributed by atoms with Crippen LogP contribution in [0.1, 0.15) is 33.2 Å². The molecule has 1 unspecified atom stereocenters. The first-order valence-electron chi connectivity index (χ1n) is 5.92. The van der Waals surface area contributed by atoms with Crippen molar-refractivity contribution in [1.29, 1.82) is 0 Å². The minimum absolute atomic E-state index is 0.0624. The Bertz CT molecular complexity index is 602. The van der Waals surface area contributed by atoms with Crippen LogP contribution < -0.4 is 4.74 Å². The SMILES string of the molecule is C=CC(=O)Oc1ccc(C(=O)O)c(C(=O)O)c1CC(C)O. The van der Waals surface area contributed by atoms with Crippen molar-refractivity contribution in [2.75, 3.05) is 0 Å². The number of hydrogen-bond acceptors (Lipinski definition) is 5. The fourth-order valence-corrected chi connectivity index (χ4v) is 1.79. The highest BCUT2D eigenvalue weighted by Crippen LogP contribution is 2.28. The van der Waals surface area contributed by atoms with Gasteiger partial charge < -0.3 is 20.1 Å². The molecule has 3 N–H and O–H groups in total. The second-order valence-electron chi connectivity index (χ2n) is 4.25. The number of rotatable bonds is 6. The minimum Gasteiger partial charge on any atom is -0.478 e. The lowest BCUT2D eigenvalue weighted by Crippen LogP contribution is -2.17. The van der Waals surface area contributed by atoms with Gasteiger partial charge >= 0.3 is 17.9 Å². The summed E-state index contributed by atoms with van der Waals surface area (Å²) in [6.07, 6.45) is -0.242. The standard InChI is InChI=1S/C14H14O7/c1-3-11(16)21-10-5-4-8(13(17)18)12(14(19)20)9(10)6-7(2)15/h3-5,7,15H,1,6H2,2H3,(H,17,18)(H,19,20). The van der Waals surface area contributed by atoms with Crippen molar-refractivity contribution < 1.29 is 34.4 Å². The van der Waals surface area contributed by atoms with Gasteiger partial charge in [-0.3, -0.25) is 0 Å². The number of hydrogen-bond donors (Lipinski definition) is 3. The second kappa shape index (κ2) is 6.67. The monoisotopic (exact) mass is 294 g/mol. The molecule has 0 saturated carbocycles. The molecule has 1 atom stereocenters. The van der Waals surface area contributed by atoms with Gasteiger partial charge in [-0.05, 0) is 19.1 Å². The Hall–Kier alpha value is -2.67. The zero-order valence-electron chi connectivity index (χ0n) is 11.2. The summed E-state index contributed by atoms with van der Waals surface area (Å²) in [6.45, 7) is 4.62. The molecule has 0 saturated heterocycles. The van der Waals surface area contributed by atoms with Gasteiger partial charge in [0, 0.05) is 18.1 Å². The summed E-state index contributed by atoms with van der Waals surface area (Å²) in [5.41, 5.74) is -1.03. The summed E-state index contributed by atoms with van der Waals surface area (Å²) < 4.78 is 4.90. The zero-order valence-corrected chi connectivity index (χ0v) is 11.2. The fourth-order valence-electron chi connectivity index (χ4n) is 1.79. The average molecular weight is 294 g/mol. The number of carbonyl (C=O) groups excluding carboxylic acids is 1. The van der Waals surface area contributed by atoms with Gasteiger partial charge in [-0.2, -0.15) is 0 Å². The lowest BCUT2D eigenvalue weighted by Gasteiger charge is -2.15. The van der Waals surface area contributed by atoms with E-state index in [2.05, 4.69) is 6.58 Å². The van der Waals surface area contributed by atoms with E-state index >= 15 is 0 Å². The van der Waals surface area contributed by atoms with Crippen LogP contribution in [0.2, 0.25) is 0 Å². The van der Waals surface area contributed by atoms with Crippen LogP contribution >= 0.6 is 0 Å². The molecule has 0 radical (unpaired) electrons. The van der Waals surface area contributed by atoms with E-state index in [1.54, 1.807) is 0 Å². The molecule has 0 amide bonds. The summed E-state index contributed by atoms with van der Waals surface area (Å²) in [5.74, 6) is -3.86. The molecule has 0 aliphatic heterocycles. The topological polar surface area (TPSA) is 121 Å². The molecule has 7 nitrogen and oxygen atoms in total. The van der Waals surface area contributed by atoms with Gasteiger partial charge in [0.05, 0.1) is 17.2 Å². The van der Waals surface area contributed by atoms with Crippen LogP contribution in [0.5, 0.6) is 5.75 Å². The van der Waals surface area contributed by atoms with Gasteiger partial charge in [0.15, 0.2) is 0 Å². The van der Waals surface area contributed by atoms with Crippen LogP contribution in [-0.2, 0) is 11.2 Å². The molecule has 1 rings (SSSR count). The Morgan fingerprint density at radius 2 is 1.90 bits per heavy atom. The number of ether oxygens (including phenoxy) is 1. The molecule has 0 aliphatic carbocycles. The molecule has 0 fully saturated rings. The molecule has 0 heterocycles. The third kappa shape index (κ3) is 3.90. The molecule has 7 heteroatoms. The quantitative estimate of drug-likeness (QED) is 0.408. The van der Waals surface area contributed by atoms with Gasteiger partial charge in [-0.25, -0.2) is 14.4 Å². The Morgan fingerprint density at radius 3 is 2.33 bits per heavy atom. The molecule has 0 aliphatic rings. The Morgan fingerprint density at radius 1 is 1.29 bits per heavy atom. The molecule has 0 aromatic heterocycles. The summed E-state index contributed by atoms with van der Waals surface area (Å²) >= 11 is 0. The molecule has 0 spiro atoms. The van der Waals surface area contributed by atoms with Crippen molar-refractivity contribution in [3.63, 3.8) is 0 Å². The van der Waals surface area contributed by atoms with Crippen molar-refractivity contribution in [3.8, 4) is 5.75 Å². The van der Waals surface area contributed by atoms with Crippen LogP contribution in [0.15, 0.2) is 24.8 Å². The largest absolute Gasteiger partial charge is 0.478 e. The molecule has 0 bridgehead atoms. The van der Waals surface area contributed by atoms with Crippen LogP contribution in [0.4, 0.5) is 0 Å². The maximum absolute atomic E-state index is 11.3. The van der Waals surface area contributed by atoms with Crippen LogP contribution in [0, 0.1) is 0 Å². The maximum Gasteiger partial charge on any atom is 0.336 e. The van der Waals surface area contributed by atoms with Gasteiger partial charge in [0.25, 0.3) is 0 Å². The van der Waals surface area contributed by atoms with E-state index in [9.17, 15) is 24.6 Å². The Kier molecular flexibility index (Phi) is 5.20. The second-order valence-corrected chi connectivity index (χ2v) is 4.25. The third-order valence-corrected chi connectivity index (χ3v) is 2.59. The molecule has 112 valence electrons. The number of carbonyl (C=O) groups is 3. The van der Waals surface area contributed by atoms with Gasteiger partial charge in [-0.15, -0.1) is 0 Å². The molecule has 1 aromatic rings. The first-order chi connectivity index (χ1) is 9.77. The minimum atomic E-state index is -1.49. The Balaban J connectivity index is 3.55. The summed E-state index contributed by atoms with van der Waals surface area (Å²) in [7, 11) is 0. The maximum atomic E-state index is 11.3. The van der Waals surface area contributed by atoms with E-state index in [1.807, 2.05) is 0 Å². The van der Waals surface area contributed by atoms with Crippen molar-refractivity contribution in [2.24, 2.45) is 0 Å². The summed E-state index contributed by atoms with van der Waals surface area (Å²) in [5, 5.41) is 27.7. The number of carboxylic acid groups (broad SMARTS) is 2. The van der Waals surface area contributed by atoms with Crippen molar-refractivity contribution in [2.45, 2.75) is 19.4 Å². The average Bonchev–Trinajstić information content (AvgIpc) is 2.38. The lowest BCUT2D eigenvalue weighted by molar-refractivity contribution is -0.129.